The van der Waals surface area contributed by atoms with Gasteiger partial charge in [-0.25, -0.2) is 0 Å². The van der Waals surface area contributed by atoms with E-state index >= 15 is 0 Å². The van der Waals surface area contributed by atoms with Crippen LogP contribution >= 0.6 is 0 Å². The molecule has 0 aliphatic heterocycles. The number of nitrogens with zero attached hydrogens (tertiary/aromatic N) is 1. The van der Waals surface area contributed by atoms with Crippen LogP contribution in [0.5, 0.6) is 5.75 Å². The average molecular weight is 294 g/mol. The molecule has 0 heterocycles. The molecule has 0 saturated heterocycles. The van der Waals surface area contributed by atoms with Gasteiger partial charge in [-0.15, -0.1) is 0 Å². The summed E-state index contributed by atoms with van der Waals surface area (Å²) in [7, 11) is 0. The number of benzene rings is 2. The second-order valence-electron chi connectivity index (χ2n) is 4.99. The number of rotatable bonds is 6. The summed E-state index contributed by atoms with van der Waals surface area (Å²) in [5.41, 5.74) is 3.19. The van der Waals surface area contributed by atoms with Gasteiger partial charge >= 0.3 is 0 Å². The van der Waals surface area contributed by atoms with Crippen molar-refractivity contribution < 1.29 is 9.53 Å². The molecule has 112 valence electrons. The molecule has 2 aromatic carbocycles. The molecule has 4 nitrogen and oxygen atoms in total. The summed E-state index contributed by atoms with van der Waals surface area (Å²) in [4.78, 5) is 11.4. The topological polar surface area (TPSA) is 62.1 Å². The largest absolute Gasteiger partial charge is 0.489 e. The molecule has 0 atom stereocenters. The SMILES string of the molecule is Cc1ccc(COc2ccccc2CNC(=O)CC#N)cc1. The van der Waals surface area contributed by atoms with Gasteiger partial charge in [0, 0.05) is 12.1 Å². The van der Waals surface area contributed by atoms with Crippen LogP contribution in [0.15, 0.2) is 48.5 Å². The molecule has 2 rings (SSSR count). The van der Waals surface area contributed by atoms with Crippen LogP contribution in [0.4, 0.5) is 0 Å². The maximum Gasteiger partial charge on any atom is 0.234 e. The zero-order valence-corrected chi connectivity index (χ0v) is 12.5. The Labute approximate surface area is 130 Å². The Morgan fingerprint density at radius 1 is 1.18 bits per heavy atom. The first kappa shape index (κ1) is 15.6. The first-order valence-electron chi connectivity index (χ1n) is 7.09. The molecule has 1 N–H and O–H groups in total. The number of nitriles is 1. The number of carbonyl (C=O) groups excluding carboxylic acids is 1. The van der Waals surface area contributed by atoms with Crippen molar-refractivity contribution >= 4 is 5.91 Å². The lowest BCUT2D eigenvalue weighted by atomic mass is 10.1. The van der Waals surface area contributed by atoms with Gasteiger partial charge in [0.05, 0.1) is 6.07 Å². The summed E-state index contributed by atoms with van der Waals surface area (Å²) in [6.07, 6.45) is -0.133. The van der Waals surface area contributed by atoms with Crippen molar-refractivity contribution in [1.29, 1.82) is 5.26 Å². The lowest BCUT2D eigenvalue weighted by molar-refractivity contribution is -0.120. The van der Waals surface area contributed by atoms with Gasteiger partial charge in [-0.1, -0.05) is 48.0 Å². The lowest BCUT2D eigenvalue weighted by Gasteiger charge is -2.12. The molecule has 0 spiro atoms. The molecule has 0 bridgehead atoms. The highest BCUT2D eigenvalue weighted by atomic mass is 16.5. The third-order valence-electron chi connectivity index (χ3n) is 3.20. The van der Waals surface area contributed by atoms with Crippen molar-refractivity contribution in [2.75, 3.05) is 0 Å². The van der Waals surface area contributed by atoms with Gasteiger partial charge in [0.15, 0.2) is 0 Å². The molecular formula is C18H18N2O2. The monoisotopic (exact) mass is 294 g/mol. The van der Waals surface area contributed by atoms with Crippen molar-refractivity contribution in [2.24, 2.45) is 0 Å². The predicted octanol–water partition coefficient (Wildman–Crippen LogP) is 3.10. The molecular weight excluding hydrogens is 276 g/mol. The van der Waals surface area contributed by atoms with Gasteiger partial charge in [0.1, 0.15) is 18.8 Å². The zero-order chi connectivity index (χ0) is 15.8. The Bertz CT molecular complexity index is 672. The van der Waals surface area contributed by atoms with E-state index in [0.29, 0.717) is 13.2 Å². The second kappa shape index (κ2) is 7.84. The molecule has 0 fully saturated rings. The van der Waals surface area contributed by atoms with Crippen LogP contribution in [0.3, 0.4) is 0 Å². The molecule has 22 heavy (non-hydrogen) atoms. The van der Waals surface area contributed by atoms with E-state index in [1.807, 2.05) is 61.5 Å². The minimum atomic E-state index is -0.282. The van der Waals surface area contributed by atoms with Crippen molar-refractivity contribution in [3.05, 3.63) is 65.2 Å². The van der Waals surface area contributed by atoms with E-state index in [0.717, 1.165) is 16.9 Å². The van der Waals surface area contributed by atoms with Crippen LogP contribution < -0.4 is 10.1 Å². The molecule has 0 aliphatic rings. The molecule has 2 aromatic rings. The predicted molar refractivity (Wildman–Crippen MR) is 84.0 cm³/mol. The lowest BCUT2D eigenvalue weighted by Crippen LogP contribution is -2.22. The van der Waals surface area contributed by atoms with E-state index in [-0.39, 0.29) is 12.3 Å². The fourth-order valence-corrected chi connectivity index (χ4v) is 1.96. The van der Waals surface area contributed by atoms with Crippen LogP contribution in [0.2, 0.25) is 0 Å². The summed E-state index contributed by atoms with van der Waals surface area (Å²) in [6.45, 7) is 2.87. The summed E-state index contributed by atoms with van der Waals surface area (Å²) in [5, 5.41) is 11.2. The third-order valence-corrected chi connectivity index (χ3v) is 3.20. The van der Waals surface area contributed by atoms with E-state index < -0.39 is 0 Å². The van der Waals surface area contributed by atoms with Crippen molar-refractivity contribution in [3.63, 3.8) is 0 Å². The molecule has 0 radical (unpaired) electrons. The number of aryl methyl sites for hydroxylation is 1. The minimum absolute atomic E-state index is 0.133. The third kappa shape index (κ3) is 4.64. The van der Waals surface area contributed by atoms with Gasteiger partial charge in [-0.2, -0.15) is 5.26 Å². The van der Waals surface area contributed by atoms with Crippen molar-refractivity contribution in [3.8, 4) is 11.8 Å². The normalized spacial score (nSPS) is 9.82. The van der Waals surface area contributed by atoms with Gasteiger partial charge in [0.25, 0.3) is 0 Å². The van der Waals surface area contributed by atoms with E-state index in [9.17, 15) is 4.79 Å². The quantitative estimate of drug-likeness (QED) is 0.890. The van der Waals surface area contributed by atoms with Crippen LogP contribution in [0.1, 0.15) is 23.1 Å². The molecule has 0 aliphatic carbocycles. The van der Waals surface area contributed by atoms with Gasteiger partial charge in [-0.05, 0) is 18.6 Å². The fourth-order valence-electron chi connectivity index (χ4n) is 1.96. The van der Waals surface area contributed by atoms with Gasteiger partial charge < -0.3 is 10.1 Å². The van der Waals surface area contributed by atoms with Crippen LogP contribution in [-0.4, -0.2) is 5.91 Å². The maximum absolute atomic E-state index is 11.4. The molecule has 0 saturated carbocycles. The Kier molecular flexibility index (Phi) is 5.56. The summed E-state index contributed by atoms with van der Waals surface area (Å²) < 4.78 is 5.84. The number of nitrogens with one attached hydrogen (secondary N) is 1. The Morgan fingerprint density at radius 2 is 1.91 bits per heavy atom. The number of hydrogen-bond acceptors (Lipinski definition) is 3. The van der Waals surface area contributed by atoms with Crippen LogP contribution in [0.25, 0.3) is 0 Å². The van der Waals surface area contributed by atoms with Gasteiger partial charge in [-0.3, -0.25) is 4.79 Å². The van der Waals surface area contributed by atoms with E-state index in [4.69, 9.17) is 10.00 Å². The standard InChI is InChI=1S/C18H18N2O2/c1-14-6-8-15(9-7-14)13-22-17-5-3-2-4-16(17)12-20-18(21)10-11-19/h2-9H,10,12-13H2,1H3,(H,20,21). The molecule has 0 aromatic heterocycles. The van der Waals surface area contributed by atoms with E-state index in [1.165, 1.54) is 5.56 Å². The maximum atomic E-state index is 11.4. The first-order chi connectivity index (χ1) is 10.7. The zero-order valence-electron chi connectivity index (χ0n) is 12.5. The van der Waals surface area contributed by atoms with Crippen LogP contribution in [-0.2, 0) is 17.9 Å². The Hall–Kier alpha value is -2.80. The smallest absolute Gasteiger partial charge is 0.234 e. The van der Waals surface area contributed by atoms with Crippen LogP contribution in [0, 0.1) is 18.3 Å². The molecule has 4 heteroatoms. The van der Waals surface area contributed by atoms with Crippen molar-refractivity contribution in [2.45, 2.75) is 26.5 Å². The van der Waals surface area contributed by atoms with E-state index in [2.05, 4.69) is 5.32 Å². The highest BCUT2D eigenvalue weighted by molar-refractivity contribution is 5.78. The number of ether oxygens (including phenoxy) is 1. The summed E-state index contributed by atoms with van der Waals surface area (Å²) in [6, 6.07) is 17.6. The first-order valence-corrected chi connectivity index (χ1v) is 7.09. The number of hydrogen-bond donors (Lipinski definition) is 1. The Balaban J connectivity index is 1.97. The number of para-hydroxylation sites is 1. The van der Waals surface area contributed by atoms with Crippen molar-refractivity contribution in [1.82, 2.24) is 5.32 Å². The molecule has 0 unspecified atom stereocenters. The number of carbonyl (C=O) groups is 1. The fraction of sp³-hybridized carbons (Fsp3) is 0.222. The van der Waals surface area contributed by atoms with E-state index in [1.54, 1.807) is 0 Å². The minimum Gasteiger partial charge on any atom is -0.489 e. The number of amides is 1. The second-order valence-corrected chi connectivity index (χ2v) is 4.99. The van der Waals surface area contributed by atoms with Gasteiger partial charge in [0.2, 0.25) is 5.91 Å². The average Bonchev–Trinajstić information content (AvgIpc) is 2.53. The molecule has 1 amide bonds. The highest BCUT2D eigenvalue weighted by Gasteiger charge is 2.06. The Morgan fingerprint density at radius 3 is 2.64 bits per heavy atom. The summed E-state index contributed by atoms with van der Waals surface area (Å²) in [5.74, 6) is 0.455. The summed E-state index contributed by atoms with van der Waals surface area (Å²) >= 11 is 0. The highest BCUT2D eigenvalue weighted by Crippen LogP contribution is 2.19.